The number of aryl methyl sites for hydroxylation is 2. The van der Waals surface area contributed by atoms with Crippen molar-refractivity contribution < 1.29 is 4.74 Å². The number of aromatic nitrogens is 2. The lowest BCUT2D eigenvalue weighted by Gasteiger charge is -2.13. The summed E-state index contributed by atoms with van der Waals surface area (Å²) >= 11 is 1.82. The van der Waals surface area contributed by atoms with Crippen molar-refractivity contribution in [1.29, 1.82) is 0 Å². The number of hydrogen-bond acceptors (Lipinski definition) is 5. The fourth-order valence-electron chi connectivity index (χ4n) is 3.70. The van der Waals surface area contributed by atoms with Crippen molar-refractivity contribution in [3.05, 3.63) is 76.9 Å². The Kier molecular flexibility index (Phi) is 5.97. The largest absolute Gasteiger partial charge is 0.489 e. The molecule has 2 aromatic carbocycles. The first kappa shape index (κ1) is 19.7. The van der Waals surface area contributed by atoms with Crippen LogP contribution in [0.15, 0.2) is 60.9 Å². The van der Waals surface area contributed by atoms with E-state index in [9.17, 15) is 0 Å². The molecule has 0 bridgehead atoms. The Morgan fingerprint density at radius 3 is 2.55 bits per heavy atom. The molecule has 29 heavy (non-hydrogen) atoms. The number of rotatable bonds is 5. The van der Waals surface area contributed by atoms with Crippen LogP contribution >= 0.6 is 23.7 Å². The van der Waals surface area contributed by atoms with Gasteiger partial charge in [0.1, 0.15) is 29.3 Å². The van der Waals surface area contributed by atoms with Crippen molar-refractivity contribution in [2.45, 2.75) is 32.3 Å². The van der Waals surface area contributed by atoms with Crippen LogP contribution in [0.3, 0.4) is 0 Å². The first-order valence-electron chi connectivity index (χ1n) is 9.66. The maximum atomic E-state index is 5.88. The third-order valence-electron chi connectivity index (χ3n) is 5.12. The van der Waals surface area contributed by atoms with Crippen molar-refractivity contribution in [2.75, 3.05) is 5.32 Å². The average Bonchev–Trinajstić information content (AvgIpc) is 3.14. The summed E-state index contributed by atoms with van der Waals surface area (Å²) in [6.07, 6.45) is 6.48. The molecule has 4 aromatic rings. The number of fused-ring (bicyclic) bond motifs is 3. The number of benzene rings is 2. The summed E-state index contributed by atoms with van der Waals surface area (Å²) in [5.74, 6) is 1.76. The number of halogens is 1. The maximum Gasteiger partial charge on any atom is 0.142 e. The molecule has 148 valence electrons. The van der Waals surface area contributed by atoms with E-state index in [1.54, 1.807) is 6.33 Å². The molecule has 1 aliphatic rings. The summed E-state index contributed by atoms with van der Waals surface area (Å²) in [5.41, 5.74) is 3.61. The predicted molar refractivity (Wildman–Crippen MR) is 122 cm³/mol. The molecule has 6 heteroatoms. The molecule has 0 aliphatic heterocycles. The van der Waals surface area contributed by atoms with E-state index in [0.29, 0.717) is 6.61 Å². The molecule has 1 N–H and O–H groups in total. The molecular weight excluding hydrogens is 402 g/mol. The van der Waals surface area contributed by atoms with E-state index >= 15 is 0 Å². The third kappa shape index (κ3) is 4.21. The fraction of sp³-hybridized carbons (Fsp3) is 0.217. The highest BCUT2D eigenvalue weighted by molar-refractivity contribution is 7.19. The average molecular weight is 424 g/mol. The van der Waals surface area contributed by atoms with Gasteiger partial charge >= 0.3 is 0 Å². The first-order chi connectivity index (χ1) is 13.9. The van der Waals surface area contributed by atoms with Gasteiger partial charge in [0, 0.05) is 10.6 Å². The lowest BCUT2D eigenvalue weighted by Crippen LogP contribution is -2.01. The van der Waals surface area contributed by atoms with Gasteiger partial charge < -0.3 is 10.1 Å². The van der Waals surface area contributed by atoms with Crippen LogP contribution < -0.4 is 10.1 Å². The lowest BCUT2D eigenvalue weighted by molar-refractivity contribution is 0.306. The van der Waals surface area contributed by atoms with Crippen LogP contribution in [0.25, 0.3) is 10.2 Å². The van der Waals surface area contributed by atoms with Gasteiger partial charge in [0.05, 0.1) is 5.39 Å². The molecule has 4 nitrogen and oxygen atoms in total. The number of nitrogens with one attached hydrogen (secondary N) is 1. The van der Waals surface area contributed by atoms with E-state index in [0.717, 1.165) is 34.1 Å². The molecule has 0 amide bonds. The van der Waals surface area contributed by atoms with Crippen molar-refractivity contribution >= 4 is 45.5 Å². The Morgan fingerprint density at radius 2 is 1.72 bits per heavy atom. The second-order valence-electron chi connectivity index (χ2n) is 7.04. The Morgan fingerprint density at radius 1 is 0.931 bits per heavy atom. The van der Waals surface area contributed by atoms with Crippen LogP contribution in [-0.2, 0) is 19.4 Å². The second kappa shape index (κ2) is 8.80. The van der Waals surface area contributed by atoms with Gasteiger partial charge in [0.25, 0.3) is 0 Å². The van der Waals surface area contributed by atoms with Gasteiger partial charge in [0.15, 0.2) is 0 Å². The molecule has 0 atom stereocenters. The molecule has 5 rings (SSSR count). The second-order valence-corrected chi connectivity index (χ2v) is 8.12. The standard InChI is InChI=1S/C23H21N3OS.ClH/c1-2-6-16(7-3-1)14-27-18-12-10-17(11-13-18)26-22-21-19-8-4-5-9-20(19)28-23(21)25-15-24-22;/h1-3,6-7,10-13,15H,4-5,8-9,14H2,(H,24,25,26);1H. The molecule has 0 saturated heterocycles. The van der Waals surface area contributed by atoms with E-state index in [1.807, 2.05) is 53.8 Å². The SMILES string of the molecule is Cl.c1ccc(COc2ccc(Nc3ncnc4sc5c(c34)CCCC5)cc2)cc1. The minimum atomic E-state index is 0. The Balaban J connectivity index is 0.00000205. The van der Waals surface area contributed by atoms with Crippen molar-refractivity contribution in [3.8, 4) is 5.75 Å². The van der Waals surface area contributed by atoms with Gasteiger partial charge in [-0.1, -0.05) is 30.3 Å². The molecule has 0 spiro atoms. The minimum Gasteiger partial charge on any atom is -0.489 e. The topological polar surface area (TPSA) is 47.0 Å². The van der Waals surface area contributed by atoms with E-state index in [2.05, 4.69) is 27.4 Å². The number of hydrogen-bond donors (Lipinski definition) is 1. The van der Waals surface area contributed by atoms with Gasteiger partial charge in [-0.05, 0) is 61.1 Å². The minimum absolute atomic E-state index is 0. The van der Waals surface area contributed by atoms with Crippen LogP contribution in [0.2, 0.25) is 0 Å². The quantitative estimate of drug-likeness (QED) is 0.408. The van der Waals surface area contributed by atoms with E-state index < -0.39 is 0 Å². The van der Waals surface area contributed by atoms with Gasteiger partial charge in [-0.15, -0.1) is 23.7 Å². The fourth-order valence-corrected chi connectivity index (χ4v) is 4.93. The third-order valence-corrected chi connectivity index (χ3v) is 6.32. The van der Waals surface area contributed by atoms with Gasteiger partial charge in [-0.2, -0.15) is 0 Å². The molecule has 0 unspecified atom stereocenters. The summed E-state index contributed by atoms with van der Waals surface area (Å²) < 4.78 is 5.88. The zero-order valence-corrected chi connectivity index (χ0v) is 17.6. The highest BCUT2D eigenvalue weighted by atomic mass is 35.5. The smallest absolute Gasteiger partial charge is 0.142 e. The summed E-state index contributed by atoms with van der Waals surface area (Å²) in [6.45, 7) is 0.571. The van der Waals surface area contributed by atoms with Crippen molar-refractivity contribution in [3.63, 3.8) is 0 Å². The highest BCUT2D eigenvalue weighted by Gasteiger charge is 2.19. The molecule has 2 heterocycles. The summed E-state index contributed by atoms with van der Waals surface area (Å²) in [7, 11) is 0. The van der Waals surface area contributed by atoms with E-state index in [4.69, 9.17) is 4.74 Å². The highest BCUT2D eigenvalue weighted by Crippen LogP contribution is 2.38. The van der Waals surface area contributed by atoms with Gasteiger partial charge in [-0.3, -0.25) is 0 Å². The zero-order chi connectivity index (χ0) is 18.8. The molecule has 1 aliphatic carbocycles. The molecule has 0 saturated carbocycles. The van der Waals surface area contributed by atoms with E-state index in [1.165, 1.54) is 35.1 Å². The Labute approximate surface area is 180 Å². The Bertz CT molecular complexity index is 1100. The van der Waals surface area contributed by atoms with Crippen LogP contribution in [0.4, 0.5) is 11.5 Å². The monoisotopic (exact) mass is 423 g/mol. The summed E-state index contributed by atoms with van der Waals surface area (Å²) in [5, 5.41) is 4.68. The van der Waals surface area contributed by atoms with Crippen LogP contribution in [0.5, 0.6) is 5.75 Å². The van der Waals surface area contributed by atoms with Crippen LogP contribution in [-0.4, -0.2) is 9.97 Å². The maximum absolute atomic E-state index is 5.88. The summed E-state index contributed by atoms with van der Waals surface area (Å²) in [4.78, 5) is 11.6. The predicted octanol–water partition coefficient (Wildman–Crippen LogP) is 6.31. The molecule has 0 fully saturated rings. The number of ether oxygens (including phenoxy) is 1. The Hall–Kier alpha value is -2.63. The van der Waals surface area contributed by atoms with Crippen LogP contribution in [0.1, 0.15) is 28.8 Å². The van der Waals surface area contributed by atoms with Crippen LogP contribution in [0, 0.1) is 0 Å². The summed E-state index contributed by atoms with van der Waals surface area (Å²) in [6, 6.07) is 18.3. The van der Waals surface area contributed by atoms with E-state index in [-0.39, 0.29) is 12.4 Å². The number of anilines is 2. The molecule has 0 radical (unpaired) electrons. The van der Waals surface area contributed by atoms with Crippen molar-refractivity contribution in [2.24, 2.45) is 0 Å². The van der Waals surface area contributed by atoms with Crippen molar-refractivity contribution in [1.82, 2.24) is 9.97 Å². The zero-order valence-electron chi connectivity index (χ0n) is 15.9. The van der Waals surface area contributed by atoms with Gasteiger partial charge in [0.2, 0.25) is 0 Å². The first-order valence-corrected chi connectivity index (χ1v) is 10.5. The number of nitrogens with zero attached hydrogens (tertiary/aromatic N) is 2. The molecular formula is C23H22ClN3OS. The lowest BCUT2D eigenvalue weighted by atomic mass is 9.97. The van der Waals surface area contributed by atoms with Gasteiger partial charge in [-0.25, -0.2) is 9.97 Å². The number of thiophene rings is 1. The normalized spacial score (nSPS) is 12.8. The molecule has 2 aromatic heterocycles.